The van der Waals surface area contributed by atoms with Crippen LogP contribution in [0.3, 0.4) is 0 Å². The number of halogens is 6. The van der Waals surface area contributed by atoms with Crippen LogP contribution in [-0.2, 0) is 0 Å². The highest BCUT2D eigenvalue weighted by Gasteiger charge is 2.57. The zero-order valence-electron chi connectivity index (χ0n) is 13.1. The number of urea groups is 1. The van der Waals surface area contributed by atoms with E-state index in [4.69, 9.17) is 0 Å². The maximum absolute atomic E-state index is 12.2. The van der Waals surface area contributed by atoms with Crippen molar-refractivity contribution in [1.82, 2.24) is 10.6 Å². The molecule has 9 heteroatoms. The van der Waals surface area contributed by atoms with Gasteiger partial charge in [-0.15, -0.1) is 0 Å². The molecule has 0 saturated heterocycles. The number of unbranched alkanes of at least 4 members (excludes halogenated alkanes) is 7. The Labute approximate surface area is 132 Å². The molecule has 0 aromatic rings. The fourth-order valence-electron chi connectivity index (χ4n) is 1.99. The zero-order valence-corrected chi connectivity index (χ0v) is 13.1. The highest BCUT2D eigenvalue weighted by Crippen LogP contribution is 2.32. The molecule has 0 aliphatic rings. The topological polar surface area (TPSA) is 41.1 Å². The Kier molecular flexibility index (Phi) is 10.1. The molecule has 0 aromatic carbocycles. The third-order valence-corrected chi connectivity index (χ3v) is 3.25. The molecule has 0 aliphatic carbocycles. The van der Waals surface area contributed by atoms with Gasteiger partial charge in [-0.25, -0.2) is 4.79 Å². The fourth-order valence-corrected chi connectivity index (χ4v) is 1.99. The highest BCUT2D eigenvalue weighted by atomic mass is 19.4. The van der Waals surface area contributed by atoms with Crippen LogP contribution >= 0.6 is 0 Å². The molecule has 0 heterocycles. The molecular formula is C14H24F6N2O. The lowest BCUT2D eigenvalue weighted by atomic mass is 10.1. The highest BCUT2D eigenvalue weighted by molar-refractivity contribution is 5.74. The Balaban J connectivity index is 3.85. The van der Waals surface area contributed by atoms with E-state index in [9.17, 15) is 31.1 Å². The van der Waals surface area contributed by atoms with Crippen LogP contribution in [0.15, 0.2) is 0 Å². The van der Waals surface area contributed by atoms with Crippen molar-refractivity contribution in [2.75, 3.05) is 6.54 Å². The molecule has 138 valence electrons. The molecule has 0 bridgehead atoms. The van der Waals surface area contributed by atoms with Gasteiger partial charge in [0.25, 0.3) is 0 Å². The smallest absolute Gasteiger partial charge is 0.338 e. The number of carbonyl (C=O) groups is 1. The second-order valence-corrected chi connectivity index (χ2v) is 5.39. The molecule has 0 atom stereocenters. The summed E-state index contributed by atoms with van der Waals surface area (Å²) in [6, 6.07) is -5.32. The Morgan fingerprint density at radius 2 is 1.26 bits per heavy atom. The summed E-state index contributed by atoms with van der Waals surface area (Å²) in [6.07, 6.45) is -3.29. The minimum absolute atomic E-state index is 0.0449. The van der Waals surface area contributed by atoms with Crippen molar-refractivity contribution in [2.45, 2.75) is 76.7 Å². The molecule has 2 amide bonds. The van der Waals surface area contributed by atoms with Crippen LogP contribution < -0.4 is 10.6 Å². The molecular weight excluding hydrogens is 326 g/mol. The summed E-state index contributed by atoms with van der Waals surface area (Å²) >= 11 is 0. The number of carbonyl (C=O) groups excluding carboxylic acids is 1. The normalized spacial score (nSPS) is 12.5. The summed E-state index contributed by atoms with van der Waals surface area (Å²) in [4.78, 5) is 11.1. The number of alkyl halides is 6. The molecule has 0 aliphatic heterocycles. The first kappa shape index (κ1) is 21.9. The largest absolute Gasteiger partial charge is 0.417 e. The van der Waals surface area contributed by atoms with Crippen LogP contribution in [0.2, 0.25) is 0 Å². The van der Waals surface area contributed by atoms with E-state index in [0.29, 0.717) is 6.42 Å². The summed E-state index contributed by atoms with van der Waals surface area (Å²) in [5.41, 5.74) is 0. The van der Waals surface area contributed by atoms with Gasteiger partial charge in [-0.1, -0.05) is 51.9 Å². The van der Waals surface area contributed by atoms with Crippen molar-refractivity contribution in [3.63, 3.8) is 0 Å². The maximum atomic E-state index is 12.2. The van der Waals surface area contributed by atoms with Crippen molar-refractivity contribution in [3.8, 4) is 0 Å². The first-order valence-electron chi connectivity index (χ1n) is 7.76. The minimum atomic E-state index is -5.58. The summed E-state index contributed by atoms with van der Waals surface area (Å²) in [7, 11) is 0. The Hall–Kier alpha value is -1.15. The number of hydrogen-bond donors (Lipinski definition) is 2. The van der Waals surface area contributed by atoms with Gasteiger partial charge >= 0.3 is 18.4 Å². The van der Waals surface area contributed by atoms with E-state index in [1.54, 1.807) is 0 Å². The minimum Gasteiger partial charge on any atom is -0.338 e. The molecule has 2 N–H and O–H groups in total. The zero-order chi connectivity index (χ0) is 17.9. The van der Waals surface area contributed by atoms with Gasteiger partial charge in [0.1, 0.15) is 0 Å². The van der Waals surface area contributed by atoms with Gasteiger partial charge in [0, 0.05) is 6.54 Å². The SMILES string of the molecule is CCCCCCCCCCNC(=O)NC(C(F)(F)F)C(F)(F)F. The summed E-state index contributed by atoms with van der Waals surface area (Å²) in [5, 5.41) is 2.94. The van der Waals surface area contributed by atoms with Crippen LogP contribution in [0.1, 0.15) is 58.3 Å². The number of amides is 2. The molecule has 0 aromatic heterocycles. The summed E-state index contributed by atoms with van der Waals surface area (Å²) in [6.45, 7) is 2.15. The van der Waals surface area contributed by atoms with Gasteiger partial charge < -0.3 is 10.6 Å². The van der Waals surface area contributed by atoms with E-state index in [1.165, 1.54) is 6.42 Å². The lowest BCUT2D eigenvalue weighted by Gasteiger charge is -2.23. The average molecular weight is 350 g/mol. The van der Waals surface area contributed by atoms with Gasteiger partial charge in [0.2, 0.25) is 6.04 Å². The van der Waals surface area contributed by atoms with Crippen LogP contribution in [0.4, 0.5) is 31.1 Å². The molecule has 0 radical (unpaired) electrons. The lowest BCUT2D eigenvalue weighted by Crippen LogP contribution is -2.56. The third kappa shape index (κ3) is 11.1. The first-order chi connectivity index (χ1) is 10.6. The number of hydrogen-bond acceptors (Lipinski definition) is 1. The van der Waals surface area contributed by atoms with Crippen molar-refractivity contribution in [3.05, 3.63) is 0 Å². The average Bonchev–Trinajstić information content (AvgIpc) is 2.40. The fraction of sp³-hybridized carbons (Fsp3) is 0.929. The van der Waals surface area contributed by atoms with E-state index in [-0.39, 0.29) is 6.54 Å². The maximum Gasteiger partial charge on any atom is 0.417 e. The number of nitrogens with one attached hydrogen (secondary N) is 2. The van der Waals surface area contributed by atoms with Crippen LogP contribution in [-0.4, -0.2) is 31.0 Å². The Bertz CT molecular complexity index is 316. The van der Waals surface area contributed by atoms with Gasteiger partial charge in [-0.3, -0.25) is 0 Å². The van der Waals surface area contributed by atoms with Crippen LogP contribution in [0.5, 0.6) is 0 Å². The number of rotatable bonds is 10. The van der Waals surface area contributed by atoms with Crippen molar-refractivity contribution in [2.24, 2.45) is 0 Å². The van der Waals surface area contributed by atoms with Crippen LogP contribution in [0, 0.1) is 0 Å². The summed E-state index contributed by atoms with van der Waals surface area (Å²) < 4.78 is 73.4. The lowest BCUT2D eigenvalue weighted by molar-refractivity contribution is -0.255. The van der Waals surface area contributed by atoms with Gasteiger partial charge in [0.15, 0.2) is 0 Å². The Morgan fingerprint density at radius 3 is 1.70 bits per heavy atom. The second-order valence-electron chi connectivity index (χ2n) is 5.39. The van der Waals surface area contributed by atoms with Crippen molar-refractivity contribution in [1.29, 1.82) is 0 Å². The molecule has 0 fully saturated rings. The Morgan fingerprint density at radius 1 is 0.826 bits per heavy atom. The van der Waals surface area contributed by atoms with Crippen molar-refractivity contribution < 1.29 is 31.1 Å². The molecule has 0 rings (SSSR count). The predicted molar refractivity (Wildman–Crippen MR) is 75.0 cm³/mol. The predicted octanol–water partition coefficient (Wildman–Crippen LogP) is 4.92. The molecule has 0 spiro atoms. The molecule has 0 saturated carbocycles. The second kappa shape index (κ2) is 10.6. The van der Waals surface area contributed by atoms with Gasteiger partial charge in [-0.2, -0.15) is 26.3 Å². The monoisotopic (exact) mass is 350 g/mol. The van der Waals surface area contributed by atoms with Gasteiger partial charge in [-0.05, 0) is 6.42 Å². The van der Waals surface area contributed by atoms with Gasteiger partial charge in [0.05, 0.1) is 0 Å². The van der Waals surface area contributed by atoms with E-state index < -0.39 is 24.4 Å². The van der Waals surface area contributed by atoms with E-state index in [0.717, 1.165) is 43.8 Å². The summed E-state index contributed by atoms with van der Waals surface area (Å²) in [5.74, 6) is 0. The first-order valence-corrected chi connectivity index (χ1v) is 7.76. The van der Waals surface area contributed by atoms with Crippen molar-refractivity contribution >= 4 is 6.03 Å². The van der Waals surface area contributed by atoms with E-state index in [1.807, 2.05) is 5.32 Å². The molecule has 23 heavy (non-hydrogen) atoms. The standard InChI is InChI=1S/C14H24F6N2O/c1-2-3-4-5-6-7-8-9-10-21-12(23)22-11(13(15,16)17)14(18,19)20/h11H,2-10H2,1H3,(H2,21,22,23). The molecule has 0 unspecified atom stereocenters. The van der Waals surface area contributed by atoms with Crippen LogP contribution in [0.25, 0.3) is 0 Å². The third-order valence-electron chi connectivity index (χ3n) is 3.25. The van der Waals surface area contributed by atoms with E-state index >= 15 is 0 Å². The molecule has 3 nitrogen and oxygen atoms in total. The quantitative estimate of drug-likeness (QED) is 0.426. The van der Waals surface area contributed by atoms with E-state index in [2.05, 4.69) is 6.92 Å².